The molecule has 1 amide bonds. The molecule has 0 saturated carbocycles. The standard InChI is InChI=1S/C10H9ClN4O2/c1-6-2-13-9(17-6)5-14-10(16)7-3-12-4-8(11)15-7/h2-4H,5H2,1H3,(H,14,16). The van der Waals surface area contributed by atoms with Crippen LogP contribution < -0.4 is 5.32 Å². The van der Waals surface area contributed by atoms with Gasteiger partial charge < -0.3 is 9.73 Å². The van der Waals surface area contributed by atoms with E-state index < -0.39 is 0 Å². The Labute approximate surface area is 102 Å². The van der Waals surface area contributed by atoms with Crippen LogP contribution in [0, 0.1) is 6.92 Å². The zero-order valence-electron chi connectivity index (χ0n) is 8.98. The van der Waals surface area contributed by atoms with Crippen molar-refractivity contribution in [1.29, 1.82) is 0 Å². The van der Waals surface area contributed by atoms with Crippen LogP contribution in [0.2, 0.25) is 5.15 Å². The normalized spacial score (nSPS) is 10.2. The molecular formula is C10H9ClN4O2. The first-order chi connectivity index (χ1) is 8.15. The summed E-state index contributed by atoms with van der Waals surface area (Å²) in [7, 11) is 0. The number of halogens is 1. The lowest BCUT2D eigenvalue weighted by Gasteiger charge is -2.01. The van der Waals surface area contributed by atoms with E-state index in [9.17, 15) is 4.79 Å². The maximum Gasteiger partial charge on any atom is 0.271 e. The fourth-order valence-electron chi connectivity index (χ4n) is 1.18. The molecule has 0 saturated heterocycles. The van der Waals surface area contributed by atoms with E-state index in [1.165, 1.54) is 12.4 Å². The van der Waals surface area contributed by atoms with Crippen molar-refractivity contribution in [3.05, 3.63) is 41.1 Å². The number of rotatable bonds is 3. The van der Waals surface area contributed by atoms with Crippen molar-refractivity contribution < 1.29 is 9.21 Å². The molecule has 2 rings (SSSR count). The summed E-state index contributed by atoms with van der Waals surface area (Å²) in [5.41, 5.74) is 0.153. The Hall–Kier alpha value is -1.95. The molecule has 0 aliphatic heterocycles. The third-order valence-corrected chi connectivity index (χ3v) is 2.09. The van der Waals surface area contributed by atoms with Gasteiger partial charge in [0.1, 0.15) is 16.6 Å². The first-order valence-electron chi connectivity index (χ1n) is 4.82. The van der Waals surface area contributed by atoms with Crippen LogP contribution in [-0.4, -0.2) is 20.9 Å². The van der Waals surface area contributed by atoms with Gasteiger partial charge in [0.05, 0.1) is 25.1 Å². The molecule has 0 radical (unpaired) electrons. The number of nitrogens with zero attached hydrogens (tertiary/aromatic N) is 3. The van der Waals surface area contributed by atoms with Gasteiger partial charge in [0.25, 0.3) is 5.91 Å². The molecule has 2 aromatic rings. The van der Waals surface area contributed by atoms with Gasteiger partial charge in [-0.3, -0.25) is 9.78 Å². The Kier molecular flexibility index (Phi) is 3.34. The van der Waals surface area contributed by atoms with Crippen LogP contribution in [0.15, 0.2) is 23.0 Å². The van der Waals surface area contributed by atoms with E-state index in [4.69, 9.17) is 16.0 Å². The third kappa shape index (κ3) is 3.01. The predicted octanol–water partition coefficient (Wildman–Crippen LogP) is 1.36. The molecule has 0 aliphatic carbocycles. The number of aromatic nitrogens is 3. The molecule has 0 unspecified atom stereocenters. The lowest BCUT2D eigenvalue weighted by molar-refractivity contribution is 0.0941. The molecule has 0 atom stereocenters. The summed E-state index contributed by atoms with van der Waals surface area (Å²) in [4.78, 5) is 23.2. The van der Waals surface area contributed by atoms with Gasteiger partial charge in [-0.1, -0.05) is 11.6 Å². The van der Waals surface area contributed by atoms with Gasteiger partial charge in [0.2, 0.25) is 5.89 Å². The molecule has 2 heterocycles. The first-order valence-corrected chi connectivity index (χ1v) is 5.20. The minimum absolute atomic E-state index is 0.153. The maximum absolute atomic E-state index is 11.6. The number of carbonyl (C=O) groups is 1. The Morgan fingerprint density at radius 1 is 1.47 bits per heavy atom. The molecule has 0 spiro atoms. The van der Waals surface area contributed by atoms with Gasteiger partial charge in [0, 0.05) is 0 Å². The molecule has 88 valence electrons. The molecule has 0 aliphatic rings. The topological polar surface area (TPSA) is 80.9 Å². The van der Waals surface area contributed by atoms with Crippen molar-refractivity contribution in [2.24, 2.45) is 0 Å². The van der Waals surface area contributed by atoms with Gasteiger partial charge >= 0.3 is 0 Å². The van der Waals surface area contributed by atoms with Crippen molar-refractivity contribution in [3.63, 3.8) is 0 Å². The van der Waals surface area contributed by atoms with E-state index in [2.05, 4.69) is 20.3 Å². The lowest BCUT2D eigenvalue weighted by Crippen LogP contribution is -2.24. The van der Waals surface area contributed by atoms with Gasteiger partial charge in [0.15, 0.2) is 0 Å². The molecular weight excluding hydrogens is 244 g/mol. The van der Waals surface area contributed by atoms with Crippen LogP contribution in [0.5, 0.6) is 0 Å². The highest BCUT2D eigenvalue weighted by Gasteiger charge is 2.09. The molecule has 0 bridgehead atoms. The average Bonchev–Trinajstić information content (AvgIpc) is 2.72. The zero-order valence-corrected chi connectivity index (χ0v) is 9.73. The Morgan fingerprint density at radius 3 is 2.94 bits per heavy atom. The Balaban J connectivity index is 1.98. The molecule has 2 aromatic heterocycles. The largest absolute Gasteiger partial charge is 0.444 e. The molecule has 7 heteroatoms. The summed E-state index contributed by atoms with van der Waals surface area (Å²) in [5, 5.41) is 2.77. The summed E-state index contributed by atoms with van der Waals surface area (Å²) in [6.45, 7) is 1.97. The monoisotopic (exact) mass is 252 g/mol. The quantitative estimate of drug-likeness (QED) is 0.892. The van der Waals surface area contributed by atoms with Crippen LogP contribution in [0.1, 0.15) is 22.1 Å². The second-order valence-electron chi connectivity index (χ2n) is 3.27. The van der Waals surface area contributed by atoms with Crippen molar-refractivity contribution in [2.45, 2.75) is 13.5 Å². The molecule has 17 heavy (non-hydrogen) atoms. The highest BCUT2D eigenvalue weighted by Crippen LogP contribution is 2.04. The van der Waals surface area contributed by atoms with Crippen LogP contribution in [-0.2, 0) is 6.54 Å². The number of aryl methyl sites for hydroxylation is 1. The minimum atomic E-state index is -0.379. The molecule has 0 fully saturated rings. The van der Waals surface area contributed by atoms with E-state index in [1.54, 1.807) is 13.1 Å². The second kappa shape index (κ2) is 4.92. The highest BCUT2D eigenvalue weighted by molar-refractivity contribution is 6.29. The fraction of sp³-hybridized carbons (Fsp3) is 0.200. The van der Waals surface area contributed by atoms with E-state index in [0.717, 1.165) is 0 Å². The number of hydrogen-bond donors (Lipinski definition) is 1. The lowest BCUT2D eigenvalue weighted by atomic mass is 10.4. The van der Waals surface area contributed by atoms with Gasteiger partial charge in [-0.15, -0.1) is 0 Å². The number of amides is 1. The Morgan fingerprint density at radius 2 is 2.29 bits per heavy atom. The van der Waals surface area contributed by atoms with Gasteiger partial charge in [-0.05, 0) is 6.92 Å². The molecule has 6 nitrogen and oxygen atoms in total. The number of carbonyl (C=O) groups excluding carboxylic acids is 1. The maximum atomic E-state index is 11.6. The summed E-state index contributed by atoms with van der Waals surface area (Å²) in [6, 6.07) is 0. The second-order valence-corrected chi connectivity index (χ2v) is 3.66. The number of nitrogens with one attached hydrogen (secondary N) is 1. The van der Waals surface area contributed by atoms with Crippen molar-refractivity contribution in [1.82, 2.24) is 20.3 Å². The van der Waals surface area contributed by atoms with Crippen LogP contribution in [0.4, 0.5) is 0 Å². The highest BCUT2D eigenvalue weighted by atomic mass is 35.5. The third-order valence-electron chi connectivity index (χ3n) is 1.91. The summed E-state index contributed by atoms with van der Waals surface area (Å²) >= 11 is 5.62. The number of oxazole rings is 1. The number of hydrogen-bond acceptors (Lipinski definition) is 5. The van der Waals surface area contributed by atoms with Crippen LogP contribution >= 0.6 is 11.6 Å². The first kappa shape index (κ1) is 11.5. The zero-order chi connectivity index (χ0) is 12.3. The predicted molar refractivity (Wildman–Crippen MR) is 59.5 cm³/mol. The van der Waals surface area contributed by atoms with E-state index in [-0.39, 0.29) is 23.3 Å². The SMILES string of the molecule is Cc1cnc(CNC(=O)c2cncc(Cl)n2)o1. The minimum Gasteiger partial charge on any atom is -0.444 e. The van der Waals surface area contributed by atoms with Crippen molar-refractivity contribution in [2.75, 3.05) is 0 Å². The molecule has 0 aromatic carbocycles. The Bertz CT molecular complexity index is 541. The van der Waals surface area contributed by atoms with Crippen molar-refractivity contribution in [3.8, 4) is 0 Å². The van der Waals surface area contributed by atoms with E-state index in [0.29, 0.717) is 11.7 Å². The fourth-order valence-corrected chi connectivity index (χ4v) is 1.33. The summed E-state index contributed by atoms with van der Waals surface area (Å²) < 4.78 is 5.21. The smallest absolute Gasteiger partial charge is 0.271 e. The van der Waals surface area contributed by atoms with Gasteiger partial charge in [-0.2, -0.15) is 0 Å². The van der Waals surface area contributed by atoms with Crippen molar-refractivity contribution >= 4 is 17.5 Å². The van der Waals surface area contributed by atoms with Crippen LogP contribution in [0.25, 0.3) is 0 Å². The van der Waals surface area contributed by atoms with E-state index >= 15 is 0 Å². The summed E-state index contributed by atoms with van der Waals surface area (Å²) in [6.07, 6.45) is 4.28. The molecule has 1 N–H and O–H groups in total. The van der Waals surface area contributed by atoms with E-state index in [1.807, 2.05) is 0 Å². The van der Waals surface area contributed by atoms with Crippen LogP contribution in [0.3, 0.4) is 0 Å². The summed E-state index contributed by atoms with van der Waals surface area (Å²) in [5.74, 6) is 0.749. The average molecular weight is 253 g/mol. The van der Waals surface area contributed by atoms with Gasteiger partial charge in [-0.25, -0.2) is 9.97 Å².